The lowest BCUT2D eigenvalue weighted by atomic mass is 9.87. The van der Waals surface area contributed by atoms with E-state index in [-0.39, 0.29) is 30.2 Å². The Labute approximate surface area is 121 Å². The highest BCUT2D eigenvalue weighted by Crippen LogP contribution is 2.26. The van der Waals surface area contributed by atoms with Crippen LogP contribution in [0.2, 0.25) is 0 Å². The van der Waals surface area contributed by atoms with Crippen molar-refractivity contribution in [1.82, 2.24) is 20.9 Å². The van der Waals surface area contributed by atoms with Gasteiger partial charge in [0.1, 0.15) is 5.54 Å². The van der Waals surface area contributed by atoms with Crippen LogP contribution in [-0.2, 0) is 14.4 Å². The number of rotatable bonds is 1. The third-order valence-electron chi connectivity index (χ3n) is 4.43. The maximum absolute atomic E-state index is 12.5. The van der Waals surface area contributed by atoms with Crippen molar-refractivity contribution in [2.75, 3.05) is 19.6 Å². The predicted octanol–water partition coefficient (Wildman–Crippen LogP) is -1.29. The molecule has 3 heterocycles. The van der Waals surface area contributed by atoms with Crippen LogP contribution in [0, 0.1) is 5.92 Å². The van der Waals surface area contributed by atoms with E-state index in [1.807, 2.05) is 0 Å². The van der Waals surface area contributed by atoms with Crippen molar-refractivity contribution in [2.45, 2.75) is 31.2 Å². The van der Waals surface area contributed by atoms with Gasteiger partial charge in [0.15, 0.2) is 0 Å². The molecular formula is C13H18N4O4. The summed E-state index contributed by atoms with van der Waals surface area (Å²) in [5.41, 5.74) is -0.983. The van der Waals surface area contributed by atoms with Gasteiger partial charge in [-0.2, -0.15) is 0 Å². The largest absolute Gasteiger partial charge is 0.355 e. The lowest BCUT2D eigenvalue weighted by Gasteiger charge is -2.39. The zero-order valence-corrected chi connectivity index (χ0v) is 11.6. The molecule has 0 radical (unpaired) electrons. The standard InChI is InChI=1S/C13H18N4O4/c18-9-3-2-8(6-14-9)10(19)17-5-1-4-13(7-17)11(20)15-12(21)16-13/h8H,1-7H2,(H,14,18)(H2,15,16,20,21). The van der Waals surface area contributed by atoms with Crippen molar-refractivity contribution in [2.24, 2.45) is 5.92 Å². The second-order valence-electron chi connectivity index (χ2n) is 5.89. The van der Waals surface area contributed by atoms with Crippen molar-refractivity contribution in [1.29, 1.82) is 0 Å². The Balaban J connectivity index is 1.68. The fraction of sp³-hybridized carbons (Fsp3) is 0.692. The number of hydrogen-bond donors (Lipinski definition) is 3. The van der Waals surface area contributed by atoms with E-state index in [1.54, 1.807) is 4.90 Å². The lowest BCUT2D eigenvalue weighted by molar-refractivity contribution is -0.141. The van der Waals surface area contributed by atoms with Crippen LogP contribution in [0.5, 0.6) is 0 Å². The molecule has 0 aromatic rings. The number of imide groups is 1. The van der Waals surface area contributed by atoms with Gasteiger partial charge in [-0.05, 0) is 19.3 Å². The van der Waals surface area contributed by atoms with Gasteiger partial charge < -0.3 is 15.5 Å². The van der Waals surface area contributed by atoms with Crippen LogP contribution in [0.3, 0.4) is 0 Å². The van der Waals surface area contributed by atoms with Gasteiger partial charge in [0, 0.05) is 19.5 Å². The van der Waals surface area contributed by atoms with Crippen LogP contribution in [0.15, 0.2) is 0 Å². The number of carbonyl (C=O) groups excluding carboxylic acids is 4. The lowest BCUT2D eigenvalue weighted by Crippen LogP contribution is -2.60. The molecule has 0 aromatic carbocycles. The molecule has 8 nitrogen and oxygen atoms in total. The van der Waals surface area contributed by atoms with Crippen LogP contribution in [-0.4, -0.2) is 53.8 Å². The molecule has 3 fully saturated rings. The first-order valence-corrected chi connectivity index (χ1v) is 7.19. The van der Waals surface area contributed by atoms with Gasteiger partial charge in [0.25, 0.3) is 5.91 Å². The number of amides is 5. The highest BCUT2D eigenvalue weighted by Gasteiger charge is 2.50. The minimum absolute atomic E-state index is 0.0309. The number of carbonyl (C=O) groups is 4. The normalized spacial score (nSPS) is 32.7. The Hall–Kier alpha value is -2.12. The third kappa shape index (κ3) is 2.45. The molecule has 0 aromatic heterocycles. The average molecular weight is 294 g/mol. The Kier molecular flexibility index (Phi) is 3.30. The fourth-order valence-electron chi connectivity index (χ4n) is 3.26. The summed E-state index contributed by atoms with van der Waals surface area (Å²) >= 11 is 0. The van der Waals surface area contributed by atoms with E-state index in [9.17, 15) is 19.2 Å². The van der Waals surface area contributed by atoms with Gasteiger partial charge in [-0.15, -0.1) is 0 Å². The van der Waals surface area contributed by atoms with E-state index >= 15 is 0 Å². The molecule has 5 amide bonds. The molecule has 3 saturated heterocycles. The van der Waals surface area contributed by atoms with E-state index < -0.39 is 11.6 Å². The van der Waals surface area contributed by atoms with Crippen molar-refractivity contribution >= 4 is 23.8 Å². The van der Waals surface area contributed by atoms with Crippen molar-refractivity contribution < 1.29 is 19.2 Å². The van der Waals surface area contributed by atoms with Gasteiger partial charge >= 0.3 is 6.03 Å². The summed E-state index contributed by atoms with van der Waals surface area (Å²) in [6, 6.07) is -0.501. The first-order valence-electron chi connectivity index (χ1n) is 7.19. The summed E-state index contributed by atoms with van der Waals surface area (Å²) in [7, 11) is 0. The van der Waals surface area contributed by atoms with E-state index in [1.165, 1.54) is 0 Å². The SMILES string of the molecule is O=C1CCC(C(=O)N2CCCC3(C2)NC(=O)NC3=O)CN1. The smallest absolute Gasteiger partial charge is 0.322 e. The summed E-state index contributed by atoms with van der Waals surface area (Å²) in [6.45, 7) is 1.13. The predicted molar refractivity (Wildman–Crippen MR) is 71.0 cm³/mol. The van der Waals surface area contributed by atoms with Crippen LogP contribution >= 0.6 is 0 Å². The van der Waals surface area contributed by atoms with Crippen LogP contribution in [0.25, 0.3) is 0 Å². The maximum atomic E-state index is 12.5. The molecule has 1 spiro atoms. The second kappa shape index (κ2) is 5.01. The third-order valence-corrected chi connectivity index (χ3v) is 4.43. The topological polar surface area (TPSA) is 108 Å². The van der Waals surface area contributed by atoms with E-state index in [0.717, 1.165) is 0 Å². The van der Waals surface area contributed by atoms with E-state index in [2.05, 4.69) is 16.0 Å². The molecule has 2 atom stereocenters. The molecule has 3 aliphatic rings. The Bertz CT molecular complexity index is 510. The molecule has 8 heteroatoms. The molecule has 0 bridgehead atoms. The Morgan fingerprint density at radius 2 is 2.10 bits per heavy atom. The molecule has 114 valence electrons. The minimum atomic E-state index is -0.983. The Morgan fingerprint density at radius 1 is 1.29 bits per heavy atom. The van der Waals surface area contributed by atoms with Gasteiger partial charge in [0.05, 0.1) is 12.5 Å². The van der Waals surface area contributed by atoms with Crippen molar-refractivity contribution in [3.63, 3.8) is 0 Å². The highest BCUT2D eigenvalue weighted by atomic mass is 16.2. The van der Waals surface area contributed by atoms with E-state index in [4.69, 9.17) is 0 Å². The number of likely N-dealkylation sites (tertiary alicyclic amines) is 1. The number of nitrogens with zero attached hydrogens (tertiary/aromatic N) is 1. The molecule has 0 aliphatic carbocycles. The number of hydrogen-bond acceptors (Lipinski definition) is 4. The number of urea groups is 1. The summed E-state index contributed by atoms with van der Waals surface area (Å²) < 4.78 is 0. The van der Waals surface area contributed by atoms with Crippen molar-refractivity contribution in [3.05, 3.63) is 0 Å². The molecule has 3 aliphatic heterocycles. The van der Waals surface area contributed by atoms with Gasteiger partial charge in [-0.3, -0.25) is 19.7 Å². The fourth-order valence-corrected chi connectivity index (χ4v) is 3.26. The second-order valence-corrected chi connectivity index (χ2v) is 5.89. The first kappa shape index (κ1) is 13.8. The number of nitrogens with one attached hydrogen (secondary N) is 3. The van der Waals surface area contributed by atoms with Crippen LogP contribution in [0.1, 0.15) is 25.7 Å². The van der Waals surface area contributed by atoms with Gasteiger partial charge in [-0.1, -0.05) is 0 Å². The summed E-state index contributed by atoms with van der Waals surface area (Å²) in [6.07, 6.45) is 2.09. The van der Waals surface area contributed by atoms with E-state index in [0.29, 0.717) is 38.8 Å². The molecule has 3 rings (SSSR count). The first-order chi connectivity index (χ1) is 10.00. The number of piperidine rings is 2. The van der Waals surface area contributed by atoms with Crippen molar-refractivity contribution in [3.8, 4) is 0 Å². The minimum Gasteiger partial charge on any atom is -0.355 e. The van der Waals surface area contributed by atoms with Gasteiger partial charge in [-0.25, -0.2) is 4.79 Å². The molecule has 21 heavy (non-hydrogen) atoms. The zero-order valence-electron chi connectivity index (χ0n) is 11.6. The maximum Gasteiger partial charge on any atom is 0.322 e. The summed E-state index contributed by atoms with van der Waals surface area (Å²) in [5, 5.41) is 7.58. The average Bonchev–Trinajstić information content (AvgIpc) is 2.73. The van der Waals surface area contributed by atoms with Gasteiger partial charge in [0.2, 0.25) is 11.8 Å². The monoisotopic (exact) mass is 294 g/mol. The molecule has 3 N–H and O–H groups in total. The highest BCUT2D eigenvalue weighted by molar-refractivity contribution is 6.07. The Morgan fingerprint density at radius 3 is 2.71 bits per heavy atom. The summed E-state index contributed by atoms with van der Waals surface area (Å²) in [5.74, 6) is -0.681. The molecular weight excluding hydrogens is 276 g/mol. The van der Waals surface area contributed by atoms with Crippen LogP contribution < -0.4 is 16.0 Å². The quantitative estimate of drug-likeness (QED) is 0.523. The molecule has 2 unspecified atom stereocenters. The summed E-state index contributed by atoms with van der Waals surface area (Å²) in [4.78, 5) is 48.6. The van der Waals surface area contributed by atoms with Crippen LogP contribution in [0.4, 0.5) is 4.79 Å². The zero-order chi connectivity index (χ0) is 15.0. The molecule has 0 saturated carbocycles.